The van der Waals surface area contributed by atoms with E-state index in [9.17, 15) is 10.2 Å². The topological polar surface area (TPSA) is 58.9 Å². The standard InChI is InChI=1S/C18H13ClO4/c1-22-18-14-7-11(21)3-5-13(14)17-15(16(18)19)12-4-2-10(20)6-9(12)8-23-17/h2-7,20-21H,8H2,1H3. The molecule has 0 amide bonds. The molecule has 0 fully saturated rings. The van der Waals surface area contributed by atoms with Gasteiger partial charge in [-0.15, -0.1) is 0 Å². The fourth-order valence-corrected chi connectivity index (χ4v) is 3.43. The van der Waals surface area contributed by atoms with Crippen LogP contribution in [0.2, 0.25) is 5.02 Å². The van der Waals surface area contributed by atoms with Crippen molar-refractivity contribution in [1.29, 1.82) is 0 Å². The van der Waals surface area contributed by atoms with Crippen LogP contribution in [0.4, 0.5) is 0 Å². The highest BCUT2D eigenvalue weighted by Gasteiger charge is 2.26. The zero-order valence-corrected chi connectivity index (χ0v) is 13.0. The van der Waals surface area contributed by atoms with Crippen LogP contribution in [0.25, 0.3) is 21.9 Å². The number of benzene rings is 3. The number of halogens is 1. The maximum Gasteiger partial charge on any atom is 0.146 e. The van der Waals surface area contributed by atoms with Crippen LogP contribution in [0.3, 0.4) is 0 Å². The molecule has 0 unspecified atom stereocenters. The van der Waals surface area contributed by atoms with Gasteiger partial charge in [0.1, 0.15) is 29.6 Å². The maximum atomic E-state index is 9.77. The molecule has 4 nitrogen and oxygen atoms in total. The molecular formula is C18H13ClO4. The second kappa shape index (κ2) is 4.96. The largest absolute Gasteiger partial charge is 0.508 e. The van der Waals surface area contributed by atoms with Gasteiger partial charge in [-0.25, -0.2) is 0 Å². The lowest BCUT2D eigenvalue weighted by molar-refractivity contribution is 0.305. The summed E-state index contributed by atoms with van der Waals surface area (Å²) in [6, 6.07) is 10.1. The predicted octanol–water partition coefficient (Wildman–Crippen LogP) is 4.47. The first-order valence-corrected chi connectivity index (χ1v) is 7.45. The minimum atomic E-state index is 0.132. The summed E-state index contributed by atoms with van der Waals surface area (Å²) in [5, 5.41) is 21.4. The van der Waals surface area contributed by atoms with Gasteiger partial charge in [0, 0.05) is 21.9 Å². The Morgan fingerprint density at radius 3 is 2.57 bits per heavy atom. The highest BCUT2D eigenvalue weighted by molar-refractivity contribution is 6.37. The summed E-state index contributed by atoms with van der Waals surface area (Å²) in [6.45, 7) is 0.343. The first kappa shape index (κ1) is 14.0. The van der Waals surface area contributed by atoms with E-state index in [4.69, 9.17) is 21.1 Å². The van der Waals surface area contributed by atoms with E-state index in [-0.39, 0.29) is 11.5 Å². The Labute approximate surface area is 137 Å². The Kier molecular flexibility index (Phi) is 3.03. The number of ether oxygens (including phenoxy) is 2. The van der Waals surface area contributed by atoms with Gasteiger partial charge >= 0.3 is 0 Å². The zero-order valence-electron chi connectivity index (χ0n) is 12.3. The van der Waals surface area contributed by atoms with E-state index >= 15 is 0 Å². The average Bonchev–Trinajstić information content (AvgIpc) is 2.54. The van der Waals surface area contributed by atoms with Crippen LogP contribution in [0.1, 0.15) is 5.56 Å². The predicted molar refractivity (Wildman–Crippen MR) is 88.6 cm³/mol. The lowest BCUT2D eigenvalue weighted by Gasteiger charge is -2.25. The number of fused-ring (bicyclic) bond motifs is 5. The van der Waals surface area contributed by atoms with E-state index in [2.05, 4.69) is 0 Å². The number of aromatic hydroxyl groups is 2. The number of rotatable bonds is 1. The molecule has 0 atom stereocenters. The van der Waals surface area contributed by atoms with Gasteiger partial charge in [0.15, 0.2) is 0 Å². The third-order valence-corrected chi connectivity index (χ3v) is 4.43. The number of phenolic OH excluding ortho intramolecular Hbond substituents is 2. The molecule has 116 valence electrons. The molecule has 1 aliphatic rings. The summed E-state index contributed by atoms with van der Waals surface area (Å²) in [5.41, 5.74) is 2.50. The van der Waals surface area contributed by atoms with Gasteiger partial charge in [0.25, 0.3) is 0 Å². The van der Waals surface area contributed by atoms with E-state index in [0.717, 1.165) is 22.1 Å². The van der Waals surface area contributed by atoms with E-state index in [0.29, 0.717) is 28.5 Å². The summed E-state index contributed by atoms with van der Waals surface area (Å²) >= 11 is 6.58. The first-order valence-electron chi connectivity index (χ1n) is 7.07. The van der Waals surface area contributed by atoms with Gasteiger partial charge in [0.2, 0.25) is 0 Å². The smallest absolute Gasteiger partial charge is 0.146 e. The molecule has 5 heteroatoms. The first-order chi connectivity index (χ1) is 11.1. The van der Waals surface area contributed by atoms with Crippen molar-refractivity contribution in [3.05, 3.63) is 47.0 Å². The number of hydrogen-bond donors (Lipinski definition) is 2. The molecule has 0 saturated carbocycles. The minimum absolute atomic E-state index is 0.132. The average molecular weight is 329 g/mol. The summed E-state index contributed by atoms with van der Waals surface area (Å²) < 4.78 is 11.4. The fourth-order valence-electron chi connectivity index (χ4n) is 3.07. The summed E-state index contributed by atoms with van der Waals surface area (Å²) in [4.78, 5) is 0. The van der Waals surface area contributed by atoms with Gasteiger partial charge < -0.3 is 19.7 Å². The van der Waals surface area contributed by atoms with E-state index in [1.165, 1.54) is 0 Å². The quantitative estimate of drug-likeness (QED) is 0.692. The molecule has 23 heavy (non-hydrogen) atoms. The molecule has 3 aromatic carbocycles. The minimum Gasteiger partial charge on any atom is -0.508 e. The molecule has 1 heterocycles. The van der Waals surface area contributed by atoms with Crippen LogP contribution in [-0.4, -0.2) is 17.3 Å². The molecule has 0 bridgehead atoms. The molecular weight excluding hydrogens is 316 g/mol. The lowest BCUT2D eigenvalue weighted by atomic mass is 9.93. The van der Waals surface area contributed by atoms with Crippen molar-refractivity contribution >= 4 is 22.4 Å². The monoisotopic (exact) mass is 328 g/mol. The van der Waals surface area contributed by atoms with Crippen LogP contribution in [0.15, 0.2) is 36.4 Å². The van der Waals surface area contributed by atoms with Gasteiger partial charge in [0.05, 0.1) is 12.1 Å². The second-order valence-electron chi connectivity index (χ2n) is 5.41. The van der Waals surface area contributed by atoms with Crippen molar-refractivity contribution in [3.8, 4) is 34.1 Å². The van der Waals surface area contributed by atoms with Crippen LogP contribution in [-0.2, 0) is 6.61 Å². The Morgan fingerprint density at radius 2 is 1.78 bits per heavy atom. The summed E-state index contributed by atoms with van der Waals surface area (Å²) in [7, 11) is 1.54. The molecule has 3 aromatic rings. The SMILES string of the molecule is COc1c(Cl)c2c(c3ccc(O)cc13)OCc1cc(O)ccc1-2. The Balaban J connectivity index is 2.14. The van der Waals surface area contributed by atoms with Gasteiger partial charge in [-0.2, -0.15) is 0 Å². The molecule has 0 aliphatic carbocycles. The molecule has 4 rings (SSSR count). The van der Waals surface area contributed by atoms with Crippen LogP contribution < -0.4 is 9.47 Å². The lowest BCUT2D eigenvalue weighted by Crippen LogP contribution is -2.07. The Morgan fingerprint density at radius 1 is 1.04 bits per heavy atom. The molecule has 0 spiro atoms. The Hall–Kier alpha value is -2.59. The summed E-state index contributed by atoms with van der Waals surface area (Å²) in [5.74, 6) is 1.46. The number of phenols is 2. The molecule has 0 aromatic heterocycles. The van der Waals surface area contributed by atoms with E-state index < -0.39 is 0 Å². The van der Waals surface area contributed by atoms with Crippen molar-refractivity contribution in [2.45, 2.75) is 6.61 Å². The second-order valence-corrected chi connectivity index (χ2v) is 5.79. The fraction of sp³-hybridized carbons (Fsp3) is 0.111. The molecule has 1 aliphatic heterocycles. The van der Waals surface area contributed by atoms with Crippen LogP contribution in [0.5, 0.6) is 23.0 Å². The van der Waals surface area contributed by atoms with Crippen molar-refractivity contribution in [1.82, 2.24) is 0 Å². The van der Waals surface area contributed by atoms with Crippen LogP contribution in [0, 0.1) is 0 Å². The van der Waals surface area contributed by atoms with Crippen molar-refractivity contribution in [2.24, 2.45) is 0 Å². The molecule has 0 saturated heterocycles. The van der Waals surface area contributed by atoms with E-state index in [1.807, 2.05) is 6.07 Å². The normalized spacial score (nSPS) is 12.4. The third-order valence-electron chi connectivity index (χ3n) is 4.07. The van der Waals surface area contributed by atoms with Crippen LogP contribution >= 0.6 is 11.6 Å². The Bertz CT molecular complexity index is 950. The molecule has 2 N–H and O–H groups in total. The summed E-state index contributed by atoms with van der Waals surface area (Å²) in [6.07, 6.45) is 0. The third kappa shape index (κ3) is 1.99. The maximum absolute atomic E-state index is 9.77. The molecule has 0 radical (unpaired) electrons. The van der Waals surface area contributed by atoms with Gasteiger partial charge in [-0.05, 0) is 35.9 Å². The van der Waals surface area contributed by atoms with Gasteiger partial charge in [-0.1, -0.05) is 17.7 Å². The highest BCUT2D eigenvalue weighted by atomic mass is 35.5. The van der Waals surface area contributed by atoms with Crippen molar-refractivity contribution < 1.29 is 19.7 Å². The number of methoxy groups -OCH3 is 1. The van der Waals surface area contributed by atoms with Crippen molar-refractivity contribution in [2.75, 3.05) is 7.11 Å². The van der Waals surface area contributed by atoms with Gasteiger partial charge in [-0.3, -0.25) is 0 Å². The number of hydrogen-bond acceptors (Lipinski definition) is 4. The highest BCUT2D eigenvalue weighted by Crippen LogP contribution is 2.52. The van der Waals surface area contributed by atoms with E-state index in [1.54, 1.807) is 37.4 Å². The zero-order chi connectivity index (χ0) is 16.1. The van der Waals surface area contributed by atoms with Crippen molar-refractivity contribution in [3.63, 3.8) is 0 Å².